The number of hydrogen-bond donors (Lipinski definition) is 1. The second-order valence-electron chi connectivity index (χ2n) is 5.09. The number of hydrogen-bond acceptors (Lipinski definition) is 4. The van der Waals surface area contributed by atoms with Gasteiger partial charge in [-0.2, -0.15) is 0 Å². The zero-order valence-corrected chi connectivity index (χ0v) is 11.8. The molecule has 0 fully saturated rings. The van der Waals surface area contributed by atoms with Crippen molar-refractivity contribution in [2.75, 3.05) is 18.0 Å². The first-order valence-corrected chi connectivity index (χ1v) is 6.61. The standard InChI is InChI=1S/C14H20N2O4/c1-11(2)6-8-15(9-7-14(17)18)12-4-3-5-13(10-12)16(19)20/h3-5,10-11H,6-9H2,1-2H3,(H,17,18). The highest BCUT2D eigenvalue weighted by Gasteiger charge is 2.13. The molecule has 1 rings (SSSR count). The number of nitro benzene ring substituents is 1. The molecule has 0 heterocycles. The van der Waals surface area contributed by atoms with Crippen LogP contribution in [0.15, 0.2) is 24.3 Å². The van der Waals surface area contributed by atoms with Crippen LogP contribution in [-0.2, 0) is 4.79 Å². The first-order chi connectivity index (χ1) is 9.40. The quantitative estimate of drug-likeness (QED) is 0.584. The van der Waals surface area contributed by atoms with Gasteiger partial charge in [-0.05, 0) is 18.4 Å². The Balaban J connectivity index is 2.87. The monoisotopic (exact) mass is 280 g/mol. The maximum absolute atomic E-state index is 10.8. The topological polar surface area (TPSA) is 83.7 Å². The highest BCUT2D eigenvalue weighted by atomic mass is 16.6. The molecule has 0 aliphatic heterocycles. The molecule has 110 valence electrons. The molecule has 1 aromatic rings. The van der Waals surface area contributed by atoms with E-state index in [9.17, 15) is 14.9 Å². The second-order valence-corrected chi connectivity index (χ2v) is 5.09. The summed E-state index contributed by atoms with van der Waals surface area (Å²) in [5, 5.41) is 19.6. The molecule has 0 spiro atoms. The minimum atomic E-state index is -0.870. The van der Waals surface area contributed by atoms with E-state index in [4.69, 9.17) is 5.11 Å². The molecule has 0 aliphatic rings. The fourth-order valence-electron chi connectivity index (χ4n) is 1.82. The van der Waals surface area contributed by atoms with E-state index in [1.165, 1.54) is 12.1 Å². The Morgan fingerprint density at radius 1 is 1.40 bits per heavy atom. The summed E-state index contributed by atoms with van der Waals surface area (Å²) in [5.74, 6) is -0.383. The fourth-order valence-corrected chi connectivity index (χ4v) is 1.82. The lowest BCUT2D eigenvalue weighted by molar-refractivity contribution is -0.384. The average Bonchev–Trinajstić information content (AvgIpc) is 2.38. The van der Waals surface area contributed by atoms with Gasteiger partial charge in [-0.3, -0.25) is 14.9 Å². The Labute approximate surface area is 118 Å². The molecule has 0 aliphatic carbocycles. The van der Waals surface area contributed by atoms with Crippen molar-refractivity contribution in [3.63, 3.8) is 0 Å². The Morgan fingerprint density at radius 3 is 2.65 bits per heavy atom. The van der Waals surface area contributed by atoms with Crippen LogP contribution in [0.3, 0.4) is 0 Å². The largest absolute Gasteiger partial charge is 0.481 e. The zero-order valence-electron chi connectivity index (χ0n) is 11.8. The molecule has 1 aromatic carbocycles. The van der Waals surface area contributed by atoms with Gasteiger partial charge in [0.1, 0.15) is 0 Å². The van der Waals surface area contributed by atoms with Gasteiger partial charge in [0.2, 0.25) is 0 Å². The van der Waals surface area contributed by atoms with Gasteiger partial charge in [-0.15, -0.1) is 0 Å². The minimum Gasteiger partial charge on any atom is -0.481 e. The van der Waals surface area contributed by atoms with Gasteiger partial charge in [-0.25, -0.2) is 0 Å². The zero-order chi connectivity index (χ0) is 15.1. The van der Waals surface area contributed by atoms with Crippen molar-refractivity contribution < 1.29 is 14.8 Å². The summed E-state index contributed by atoms with van der Waals surface area (Å²) in [4.78, 5) is 23.0. The first kappa shape index (κ1) is 15.9. The van der Waals surface area contributed by atoms with Crippen LogP contribution in [0.2, 0.25) is 0 Å². The summed E-state index contributed by atoms with van der Waals surface area (Å²) in [6.45, 7) is 5.21. The van der Waals surface area contributed by atoms with Crippen LogP contribution in [0.1, 0.15) is 26.7 Å². The predicted molar refractivity (Wildman–Crippen MR) is 77.0 cm³/mol. The van der Waals surface area contributed by atoms with Gasteiger partial charge in [-0.1, -0.05) is 19.9 Å². The van der Waals surface area contributed by atoms with E-state index in [-0.39, 0.29) is 12.1 Å². The second kappa shape index (κ2) is 7.47. The molecular weight excluding hydrogens is 260 g/mol. The van der Waals surface area contributed by atoms with E-state index < -0.39 is 10.9 Å². The molecule has 0 bridgehead atoms. The highest BCUT2D eigenvalue weighted by Crippen LogP contribution is 2.22. The summed E-state index contributed by atoms with van der Waals surface area (Å²) in [6, 6.07) is 6.31. The third-order valence-electron chi connectivity index (χ3n) is 2.98. The number of rotatable bonds is 8. The molecule has 0 saturated carbocycles. The Bertz CT molecular complexity index is 474. The molecule has 0 amide bonds. The number of anilines is 1. The minimum absolute atomic E-state index is 0.0147. The maximum atomic E-state index is 10.8. The first-order valence-electron chi connectivity index (χ1n) is 6.61. The van der Waals surface area contributed by atoms with Gasteiger partial charge in [0, 0.05) is 30.9 Å². The lowest BCUT2D eigenvalue weighted by atomic mass is 10.1. The molecule has 6 nitrogen and oxygen atoms in total. The van der Waals surface area contributed by atoms with E-state index in [0.29, 0.717) is 24.7 Å². The third-order valence-corrected chi connectivity index (χ3v) is 2.98. The highest BCUT2D eigenvalue weighted by molar-refractivity contribution is 5.67. The Hall–Kier alpha value is -2.11. The van der Waals surface area contributed by atoms with Gasteiger partial charge in [0.15, 0.2) is 0 Å². The molecule has 0 atom stereocenters. The summed E-state index contributed by atoms with van der Waals surface area (Å²) < 4.78 is 0. The number of nitro groups is 1. The van der Waals surface area contributed by atoms with E-state index in [0.717, 1.165) is 6.42 Å². The molecule has 20 heavy (non-hydrogen) atoms. The van der Waals surface area contributed by atoms with Crippen LogP contribution in [0.25, 0.3) is 0 Å². The summed E-state index contributed by atoms with van der Waals surface area (Å²) >= 11 is 0. The summed E-state index contributed by atoms with van der Waals surface area (Å²) in [5.41, 5.74) is 0.716. The van der Waals surface area contributed by atoms with Crippen molar-refractivity contribution in [2.24, 2.45) is 5.92 Å². The van der Waals surface area contributed by atoms with Gasteiger partial charge < -0.3 is 10.0 Å². The van der Waals surface area contributed by atoms with Crippen molar-refractivity contribution in [3.8, 4) is 0 Å². The van der Waals surface area contributed by atoms with Gasteiger partial charge >= 0.3 is 5.97 Å². The van der Waals surface area contributed by atoms with Crippen molar-refractivity contribution in [2.45, 2.75) is 26.7 Å². The molecule has 6 heteroatoms. The normalized spacial score (nSPS) is 10.6. The number of aliphatic carboxylic acids is 1. The SMILES string of the molecule is CC(C)CCN(CCC(=O)O)c1cccc([N+](=O)[O-])c1. The molecular formula is C14H20N2O4. The summed E-state index contributed by atoms with van der Waals surface area (Å²) in [6.07, 6.45) is 0.920. The van der Waals surface area contributed by atoms with E-state index in [1.807, 2.05) is 4.90 Å². The smallest absolute Gasteiger partial charge is 0.305 e. The maximum Gasteiger partial charge on any atom is 0.305 e. The van der Waals surface area contributed by atoms with Crippen molar-refractivity contribution in [3.05, 3.63) is 34.4 Å². The van der Waals surface area contributed by atoms with Crippen LogP contribution in [-0.4, -0.2) is 29.1 Å². The average molecular weight is 280 g/mol. The molecule has 0 unspecified atom stereocenters. The van der Waals surface area contributed by atoms with E-state index in [2.05, 4.69) is 13.8 Å². The van der Waals surface area contributed by atoms with Crippen molar-refractivity contribution in [1.29, 1.82) is 0 Å². The number of non-ortho nitro benzene ring substituents is 1. The van der Waals surface area contributed by atoms with Crippen LogP contribution in [0, 0.1) is 16.0 Å². The molecule has 0 radical (unpaired) electrons. The van der Waals surface area contributed by atoms with Crippen molar-refractivity contribution >= 4 is 17.3 Å². The van der Waals surface area contributed by atoms with Crippen LogP contribution in [0.4, 0.5) is 11.4 Å². The number of nitrogens with zero attached hydrogens (tertiary/aromatic N) is 2. The summed E-state index contributed by atoms with van der Waals surface area (Å²) in [7, 11) is 0. The van der Waals surface area contributed by atoms with E-state index in [1.54, 1.807) is 12.1 Å². The van der Waals surface area contributed by atoms with Gasteiger partial charge in [0.25, 0.3) is 5.69 Å². The number of carboxylic acids is 1. The number of carboxylic acid groups (broad SMARTS) is 1. The van der Waals surface area contributed by atoms with E-state index >= 15 is 0 Å². The lowest BCUT2D eigenvalue weighted by Gasteiger charge is -2.25. The van der Waals surface area contributed by atoms with Crippen LogP contribution < -0.4 is 4.90 Å². The molecule has 0 saturated heterocycles. The number of carbonyl (C=O) groups is 1. The van der Waals surface area contributed by atoms with Gasteiger partial charge in [0.05, 0.1) is 11.3 Å². The fraction of sp³-hybridized carbons (Fsp3) is 0.500. The van der Waals surface area contributed by atoms with Crippen LogP contribution >= 0.6 is 0 Å². The Kier molecular flexibility index (Phi) is 5.96. The predicted octanol–water partition coefficient (Wildman–Crippen LogP) is 2.92. The molecule has 1 N–H and O–H groups in total. The molecule has 0 aromatic heterocycles. The number of benzene rings is 1. The van der Waals surface area contributed by atoms with Crippen molar-refractivity contribution in [1.82, 2.24) is 0 Å². The Morgan fingerprint density at radius 2 is 2.10 bits per heavy atom. The van der Waals surface area contributed by atoms with Crippen LogP contribution in [0.5, 0.6) is 0 Å². The third kappa shape index (κ3) is 5.26. The lowest BCUT2D eigenvalue weighted by Crippen LogP contribution is -2.28.